The highest BCUT2D eigenvalue weighted by Crippen LogP contribution is 2.41. The monoisotopic (exact) mass is 202 g/mol. The molecule has 1 fully saturated rings. The van der Waals surface area contributed by atoms with Gasteiger partial charge in [-0.1, -0.05) is 42.7 Å². The van der Waals surface area contributed by atoms with Gasteiger partial charge in [-0.25, -0.2) is 0 Å². The zero-order valence-electron chi connectivity index (χ0n) is 9.55. The Morgan fingerprint density at radius 1 is 1.13 bits per heavy atom. The Bertz CT molecular complexity index is 355. The molecule has 1 aliphatic carbocycles. The van der Waals surface area contributed by atoms with Crippen molar-refractivity contribution in [3.05, 3.63) is 35.4 Å². The van der Waals surface area contributed by atoms with Gasteiger partial charge in [-0.3, -0.25) is 4.79 Å². The number of benzene rings is 1. The van der Waals surface area contributed by atoms with E-state index < -0.39 is 0 Å². The van der Waals surface area contributed by atoms with E-state index in [1.165, 1.54) is 24.0 Å². The molecule has 1 aromatic carbocycles. The summed E-state index contributed by atoms with van der Waals surface area (Å²) >= 11 is 0. The SMILES string of the molecule is CC(=O)C1(c2ccc(C)cc2)CCCC1. The number of ketones is 1. The van der Waals surface area contributed by atoms with Crippen LogP contribution in [0.25, 0.3) is 0 Å². The molecule has 0 aliphatic heterocycles. The zero-order valence-corrected chi connectivity index (χ0v) is 9.55. The van der Waals surface area contributed by atoms with Crippen LogP contribution in [0.15, 0.2) is 24.3 Å². The van der Waals surface area contributed by atoms with Crippen LogP contribution >= 0.6 is 0 Å². The molecular weight excluding hydrogens is 184 g/mol. The molecule has 80 valence electrons. The molecule has 1 heteroatoms. The van der Waals surface area contributed by atoms with Gasteiger partial charge < -0.3 is 0 Å². The maximum atomic E-state index is 11.9. The van der Waals surface area contributed by atoms with Gasteiger partial charge in [0.2, 0.25) is 0 Å². The average Bonchev–Trinajstić information content (AvgIpc) is 2.69. The molecule has 0 bridgehead atoms. The smallest absolute Gasteiger partial charge is 0.140 e. The Hall–Kier alpha value is -1.11. The van der Waals surface area contributed by atoms with E-state index in [9.17, 15) is 4.79 Å². The van der Waals surface area contributed by atoms with E-state index >= 15 is 0 Å². The molecule has 0 spiro atoms. The van der Waals surface area contributed by atoms with E-state index in [2.05, 4.69) is 31.2 Å². The van der Waals surface area contributed by atoms with Crippen molar-refractivity contribution in [2.75, 3.05) is 0 Å². The highest BCUT2D eigenvalue weighted by Gasteiger charge is 2.39. The molecule has 0 saturated heterocycles. The molecule has 15 heavy (non-hydrogen) atoms. The summed E-state index contributed by atoms with van der Waals surface area (Å²) < 4.78 is 0. The molecule has 1 aromatic rings. The molecule has 2 rings (SSSR count). The second kappa shape index (κ2) is 3.80. The van der Waals surface area contributed by atoms with E-state index in [1.54, 1.807) is 6.92 Å². The molecule has 0 N–H and O–H groups in total. The number of rotatable bonds is 2. The van der Waals surface area contributed by atoms with E-state index in [4.69, 9.17) is 0 Å². The molecule has 0 aromatic heterocycles. The molecule has 0 radical (unpaired) electrons. The van der Waals surface area contributed by atoms with Crippen molar-refractivity contribution >= 4 is 5.78 Å². The second-order valence-electron chi connectivity index (χ2n) is 4.71. The maximum absolute atomic E-state index is 11.9. The van der Waals surface area contributed by atoms with Crippen LogP contribution < -0.4 is 0 Å². The van der Waals surface area contributed by atoms with Crippen LogP contribution in [-0.4, -0.2) is 5.78 Å². The fourth-order valence-corrected chi connectivity index (χ4v) is 2.70. The van der Waals surface area contributed by atoms with Crippen molar-refractivity contribution in [3.63, 3.8) is 0 Å². The Kier molecular flexibility index (Phi) is 2.64. The van der Waals surface area contributed by atoms with Crippen molar-refractivity contribution in [2.24, 2.45) is 0 Å². The van der Waals surface area contributed by atoms with Gasteiger partial charge in [0.1, 0.15) is 5.78 Å². The van der Waals surface area contributed by atoms with E-state index in [0.717, 1.165) is 12.8 Å². The molecule has 1 saturated carbocycles. The molecule has 1 aliphatic rings. The summed E-state index contributed by atoms with van der Waals surface area (Å²) in [5, 5.41) is 0. The number of carbonyl (C=O) groups is 1. The third-order valence-electron chi connectivity index (χ3n) is 3.74. The van der Waals surface area contributed by atoms with Crippen LogP contribution in [0.3, 0.4) is 0 Å². The highest BCUT2D eigenvalue weighted by atomic mass is 16.1. The lowest BCUT2D eigenvalue weighted by atomic mass is 9.75. The second-order valence-corrected chi connectivity index (χ2v) is 4.71. The summed E-state index contributed by atoms with van der Waals surface area (Å²) in [6, 6.07) is 8.47. The van der Waals surface area contributed by atoms with Crippen LogP contribution in [0.2, 0.25) is 0 Å². The largest absolute Gasteiger partial charge is 0.299 e. The topological polar surface area (TPSA) is 17.1 Å². The van der Waals surface area contributed by atoms with Gasteiger partial charge >= 0.3 is 0 Å². The molecule has 0 heterocycles. The lowest BCUT2D eigenvalue weighted by molar-refractivity contribution is -0.122. The van der Waals surface area contributed by atoms with Crippen molar-refractivity contribution in [3.8, 4) is 0 Å². The number of carbonyl (C=O) groups excluding carboxylic acids is 1. The van der Waals surface area contributed by atoms with Gasteiger partial charge in [0.05, 0.1) is 5.41 Å². The minimum Gasteiger partial charge on any atom is -0.299 e. The number of aryl methyl sites for hydroxylation is 1. The molecular formula is C14H18O. The fourth-order valence-electron chi connectivity index (χ4n) is 2.70. The Morgan fingerprint density at radius 2 is 1.67 bits per heavy atom. The van der Waals surface area contributed by atoms with Gasteiger partial charge in [0.15, 0.2) is 0 Å². The Labute approximate surface area is 91.5 Å². The Morgan fingerprint density at radius 3 is 2.13 bits per heavy atom. The summed E-state index contributed by atoms with van der Waals surface area (Å²) in [6.45, 7) is 3.82. The van der Waals surface area contributed by atoms with Crippen molar-refractivity contribution in [1.82, 2.24) is 0 Å². The van der Waals surface area contributed by atoms with Crippen molar-refractivity contribution < 1.29 is 4.79 Å². The van der Waals surface area contributed by atoms with Gasteiger partial charge in [0, 0.05) is 0 Å². The predicted molar refractivity (Wildman–Crippen MR) is 62.0 cm³/mol. The molecule has 0 unspecified atom stereocenters. The number of Topliss-reactive ketones (excluding diaryl/α,β-unsaturated/α-hetero) is 1. The maximum Gasteiger partial charge on any atom is 0.140 e. The summed E-state index contributed by atoms with van der Waals surface area (Å²) in [7, 11) is 0. The van der Waals surface area contributed by atoms with Gasteiger partial charge in [-0.15, -0.1) is 0 Å². The van der Waals surface area contributed by atoms with Crippen LogP contribution in [-0.2, 0) is 10.2 Å². The zero-order chi connectivity index (χ0) is 10.9. The molecule has 1 nitrogen and oxygen atoms in total. The van der Waals surface area contributed by atoms with Crippen LogP contribution in [0, 0.1) is 6.92 Å². The first-order valence-electron chi connectivity index (χ1n) is 5.73. The lowest BCUT2D eigenvalue weighted by Crippen LogP contribution is -2.30. The van der Waals surface area contributed by atoms with Crippen molar-refractivity contribution in [2.45, 2.75) is 44.9 Å². The van der Waals surface area contributed by atoms with Crippen LogP contribution in [0.5, 0.6) is 0 Å². The van der Waals surface area contributed by atoms with Crippen LogP contribution in [0.1, 0.15) is 43.7 Å². The summed E-state index contributed by atoms with van der Waals surface area (Å²) in [4.78, 5) is 11.9. The average molecular weight is 202 g/mol. The van der Waals surface area contributed by atoms with E-state index in [1.807, 2.05) is 0 Å². The summed E-state index contributed by atoms with van der Waals surface area (Å²) in [5.74, 6) is 0.337. The lowest BCUT2D eigenvalue weighted by Gasteiger charge is -2.26. The Balaban J connectivity index is 2.41. The third kappa shape index (κ3) is 1.71. The van der Waals surface area contributed by atoms with Crippen LogP contribution in [0.4, 0.5) is 0 Å². The quantitative estimate of drug-likeness (QED) is 0.718. The first-order chi connectivity index (χ1) is 7.15. The van der Waals surface area contributed by atoms with Crippen molar-refractivity contribution in [1.29, 1.82) is 0 Å². The standard InChI is InChI=1S/C14H18O/c1-11-5-7-13(8-6-11)14(12(2)15)9-3-4-10-14/h5-8H,3-4,9-10H2,1-2H3. The first kappa shape index (κ1) is 10.4. The minimum atomic E-state index is -0.159. The van der Waals surface area contributed by atoms with Gasteiger partial charge in [-0.2, -0.15) is 0 Å². The predicted octanol–water partition coefficient (Wildman–Crippen LogP) is 3.40. The normalized spacial score (nSPS) is 19.1. The summed E-state index contributed by atoms with van der Waals surface area (Å²) in [5.41, 5.74) is 2.32. The molecule has 0 amide bonds. The first-order valence-corrected chi connectivity index (χ1v) is 5.73. The van der Waals surface area contributed by atoms with E-state index in [-0.39, 0.29) is 5.41 Å². The summed E-state index contributed by atoms with van der Waals surface area (Å²) in [6.07, 6.45) is 4.44. The number of hydrogen-bond donors (Lipinski definition) is 0. The minimum absolute atomic E-state index is 0.159. The third-order valence-corrected chi connectivity index (χ3v) is 3.74. The number of hydrogen-bond acceptors (Lipinski definition) is 1. The van der Waals surface area contributed by atoms with Gasteiger partial charge in [0.25, 0.3) is 0 Å². The fraction of sp³-hybridized carbons (Fsp3) is 0.500. The van der Waals surface area contributed by atoms with E-state index in [0.29, 0.717) is 5.78 Å². The molecule has 0 atom stereocenters. The highest BCUT2D eigenvalue weighted by molar-refractivity contribution is 5.88. The van der Waals surface area contributed by atoms with Gasteiger partial charge in [-0.05, 0) is 32.3 Å².